The van der Waals surface area contributed by atoms with Crippen molar-refractivity contribution in [3.05, 3.63) is 29.8 Å². The number of rotatable bonds is 20. The molecule has 0 aromatic heterocycles. The molecule has 248 valence electrons. The fraction of sp³-hybridized carbons (Fsp3) is 0.656. The Balaban J connectivity index is 2.73. The Morgan fingerprint density at radius 2 is 1.52 bits per heavy atom. The molecule has 0 fully saturated rings. The number of primary amides is 1. The molecule has 1 aromatic carbocycles. The summed E-state index contributed by atoms with van der Waals surface area (Å²) >= 11 is 0. The van der Waals surface area contributed by atoms with Crippen molar-refractivity contribution in [2.75, 3.05) is 38.2 Å². The first-order valence-corrected chi connectivity index (χ1v) is 15.3. The lowest BCUT2D eigenvalue weighted by Crippen LogP contribution is -2.44. The molecule has 0 aliphatic rings. The van der Waals surface area contributed by atoms with Crippen LogP contribution in [0.15, 0.2) is 24.3 Å². The third-order valence-electron chi connectivity index (χ3n) is 6.76. The summed E-state index contributed by atoms with van der Waals surface area (Å²) in [6.45, 7) is 14.9. The van der Waals surface area contributed by atoms with Gasteiger partial charge >= 0.3 is 12.0 Å². The number of nitrogens with two attached hydrogens (primary N) is 1. The smallest absolute Gasteiger partial charge is 0.312 e. The van der Waals surface area contributed by atoms with Crippen LogP contribution < -0.4 is 27.0 Å². The molecule has 0 saturated heterocycles. The van der Waals surface area contributed by atoms with Crippen molar-refractivity contribution in [1.82, 2.24) is 16.0 Å². The molecule has 2 atom stereocenters. The lowest BCUT2D eigenvalue weighted by atomic mass is 9.89. The summed E-state index contributed by atoms with van der Waals surface area (Å²) < 4.78 is 10.8. The lowest BCUT2D eigenvalue weighted by Gasteiger charge is -2.24. The number of hydrogen-bond donors (Lipinski definition) is 5. The quantitative estimate of drug-likeness (QED) is 0.109. The van der Waals surface area contributed by atoms with Crippen LogP contribution >= 0.6 is 0 Å². The van der Waals surface area contributed by atoms with Crippen LogP contribution in [0.5, 0.6) is 0 Å². The number of ether oxygens (including phenoxy) is 2. The van der Waals surface area contributed by atoms with Crippen LogP contribution in [0.25, 0.3) is 0 Å². The highest BCUT2D eigenvalue weighted by atomic mass is 16.5. The van der Waals surface area contributed by atoms with E-state index in [0.717, 1.165) is 5.56 Å². The second-order valence-corrected chi connectivity index (χ2v) is 12.5. The first-order valence-electron chi connectivity index (χ1n) is 15.3. The van der Waals surface area contributed by atoms with E-state index < -0.39 is 23.4 Å². The van der Waals surface area contributed by atoms with Gasteiger partial charge in [-0.3, -0.25) is 19.2 Å². The number of benzene rings is 1. The Hall–Kier alpha value is -3.51. The number of carbonyl (C=O) groups excluding carboxylic acids is 5. The van der Waals surface area contributed by atoms with Crippen LogP contribution in [0, 0.1) is 23.2 Å². The van der Waals surface area contributed by atoms with E-state index in [2.05, 4.69) is 21.3 Å². The van der Waals surface area contributed by atoms with Gasteiger partial charge in [0, 0.05) is 43.1 Å². The van der Waals surface area contributed by atoms with E-state index in [0.29, 0.717) is 44.8 Å². The Morgan fingerprint density at radius 1 is 0.886 bits per heavy atom. The van der Waals surface area contributed by atoms with Crippen LogP contribution in [0.2, 0.25) is 0 Å². The van der Waals surface area contributed by atoms with Crippen LogP contribution in [0.1, 0.15) is 73.3 Å². The zero-order valence-electron chi connectivity index (χ0n) is 27.4. The van der Waals surface area contributed by atoms with Crippen LogP contribution in [-0.2, 0) is 35.3 Å². The van der Waals surface area contributed by atoms with Gasteiger partial charge in [0.15, 0.2) is 5.78 Å². The molecule has 0 saturated carbocycles. The van der Waals surface area contributed by atoms with Crippen molar-refractivity contribution in [2.24, 2.45) is 28.9 Å². The summed E-state index contributed by atoms with van der Waals surface area (Å²) in [4.78, 5) is 61.4. The van der Waals surface area contributed by atoms with E-state index in [4.69, 9.17) is 15.2 Å². The molecule has 1 rings (SSSR count). The minimum atomic E-state index is -0.649. The number of urea groups is 1. The van der Waals surface area contributed by atoms with Crippen molar-refractivity contribution >= 4 is 35.3 Å². The van der Waals surface area contributed by atoms with E-state index >= 15 is 0 Å². The van der Waals surface area contributed by atoms with Gasteiger partial charge < -0.3 is 36.5 Å². The second-order valence-electron chi connectivity index (χ2n) is 12.5. The van der Waals surface area contributed by atoms with E-state index in [1.165, 1.54) is 0 Å². The molecule has 0 heterocycles. The van der Waals surface area contributed by atoms with Crippen molar-refractivity contribution in [3.8, 4) is 0 Å². The van der Waals surface area contributed by atoms with E-state index in [1.807, 2.05) is 34.6 Å². The molecule has 1 aromatic rings. The van der Waals surface area contributed by atoms with Gasteiger partial charge in [0.1, 0.15) is 6.61 Å². The van der Waals surface area contributed by atoms with Gasteiger partial charge in [-0.25, -0.2) is 4.79 Å². The summed E-state index contributed by atoms with van der Waals surface area (Å²) in [5.41, 5.74) is 6.03. The van der Waals surface area contributed by atoms with Crippen LogP contribution in [0.3, 0.4) is 0 Å². The molecule has 12 nitrogen and oxygen atoms in total. The molecule has 4 amide bonds. The number of anilines is 1. The van der Waals surface area contributed by atoms with Gasteiger partial charge in [-0.2, -0.15) is 0 Å². The number of amides is 4. The summed E-state index contributed by atoms with van der Waals surface area (Å²) in [5, 5.41) is 11.5. The Labute approximate surface area is 261 Å². The topological polar surface area (TPSA) is 178 Å². The average Bonchev–Trinajstić information content (AvgIpc) is 2.94. The number of nitrogens with one attached hydrogen (secondary N) is 4. The minimum absolute atomic E-state index is 0.0151. The third kappa shape index (κ3) is 15.8. The molecule has 12 heteroatoms. The highest BCUT2D eigenvalue weighted by molar-refractivity contribution is 5.96. The van der Waals surface area contributed by atoms with Crippen molar-refractivity contribution in [1.29, 1.82) is 0 Å². The molecule has 0 bridgehead atoms. The van der Waals surface area contributed by atoms with E-state index in [-0.39, 0.29) is 55.0 Å². The molecule has 0 spiro atoms. The fourth-order valence-corrected chi connectivity index (χ4v) is 4.12. The molecule has 0 aliphatic carbocycles. The molecule has 44 heavy (non-hydrogen) atoms. The first-order chi connectivity index (χ1) is 20.6. The summed E-state index contributed by atoms with van der Waals surface area (Å²) in [6, 6.07) is 5.84. The van der Waals surface area contributed by atoms with Gasteiger partial charge in [-0.15, -0.1) is 0 Å². The monoisotopic (exact) mass is 619 g/mol. The van der Waals surface area contributed by atoms with Gasteiger partial charge in [0.2, 0.25) is 11.8 Å². The zero-order valence-corrected chi connectivity index (χ0v) is 27.4. The first kappa shape index (κ1) is 38.5. The Bertz CT molecular complexity index is 1070. The van der Waals surface area contributed by atoms with Gasteiger partial charge in [-0.1, -0.05) is 60.6 Å². The maximum Gasteiger partial charge on any atom is 0.312 e. The van der Waals surface area contributed by atoms with Gasteiger partial charge in [0.05, 0.1) is 25.2 Å². The predicted octanol–water partition coefficient (Wildman–Crippen LogP) is 3.14. The highest BCUT2D eigenvalue weighted by Gasteiger charge is 2.28. The Kier molecular flexibility index (Phi) is 17.2. The summed E-state index contributed by atoms with van der Waals surface area (Å²) in [7, 11) is 0. The second kappa shape index (κ2) is 19.7. The van der Waals surface area contributed by atoms with Gasteiger partial charge in [0.25, 0.3) is 0 Å². The SMILES string of the molecule is CC(C)C(=O)OCc1ccc(NC(=O)[C@H](CCCNC(N)=O)CC(=O)[C@@H](NCCOCCNC(=O)C(C)(C)C)C(C)C)cc1. The number of Topliss-reactive ketones (excluding diaryl/α,β-unsaturated/α-hetero) is 1. The van der Waals surface area contributed by atoms with Crippen molar-refractivity contribution in [3.63, 3.8) is 0 Å². The number of esters is 1. The minimum Gasteiger partial charge on any atom is -0.461 e. The van der Waals surface area contributed by atoms with Crippen LogP contribution in [-0.4, -0.2) is 68.5 Å². The maximum atomic E-state index is 13.4. The molecule has 0 aliphatic heterocycles. The normalized spacial score (nSPS) is 12.8. The van der Waals surface area contributed by atoms with Crippen molar-refractivity contribution < 1.29 is 33.4 Å². The zero-order chi connectivity index (χ0) is 33.3. The number of carbonyl (C=O) groups is 5. The van der Waals surface area contributed by atoms with E-state index in [1.54, 1.807) is 38.1 Å². The van der Waals surface area contributed by atoms with Crippen LogP contribution in [0.4, 0.5) is 10.5 Å². The third-order valence-corrected chi connectivity index (χ3v) is 6.76. The summed E-state index contributed by atoms with van der Waals surface area (Å²) in [6.07, 6.45) is 0.852. The molecule has 0 radical (unpaired) electrons. The molecular weight excluding hydrogens is 566 g/mol. The maximum absolute atomic E-state index is 13.4. The highest BCUT2D eigenvalue weighted by Crippen LogP contribution is 2.19. The van der Waals surface area contributed by atoms with E-state index in [9.17, 15) is 24.0 Å². The summed E-state index contributed by atoms with van der Waals surface area (Å²) in [5.74, 6) is -1.61. The van der Waals surface area contributed by atoms with Crippen molar-refractivity contribution in [2.45, 2.75) is 80.4 Å². The number of hydrogen-bond acceptors (Lipinski definition) is 8. The molecule has 6 N–H and O–H groups in total. The lowest BCUT2D eigenvalue weighted by molar-refractivity contribution is -0.148. The number of ketones is 1. The predicted molar refractivity (Wildman–Crippen MR) is 170 cm³/mol. The largest absolute Gasteiger partial charge is 0.461 e. The van der Waals surface area contributed by atoms with Gasteiger partial charge in [-0.05, 0) is 36.5 Å². The average molecular weight is 620 g/mol. The molecular formula is C32H53N5O7. The fourth-order valence-electron chi connectivity index (χ4n) is 4.12. The molecule has 0 unspecified atom stereocenters. The standard InChI is InChI=1S/C32H53N5O7/c1-21(2)27(34-15-17-43-18-16-35-30(41)32(5,6)7)26(38)19-24(9-8-14-36-31(33)42)28(39)37-25-12-10-23(11-13-25)20-44-29(40)22(3)4/h10-13,21-22,24,27,34H,8-9,14-20H2,1-7H3,(H,35,41)(H,37,39)(H3,33,36,42)/t24-,27+/m1/s1. The Morgan fingerprint density at radius 3 is 2.09 bits per heavy atom.